The zero-order chi connectivity index (χ0) is 15.5. The Balaban J connectivity index is 2.03. The van der Waals surface area contributed by atoms with Crippen LogP contribution in [0.3, 0.4) is 0 Å². The lowest BCUT2D eigenvalue weighted by Gasteiger charge is -2.26. The minimum Gasteiger partial charge on any atom is -0.385 e. The first-order valence-corrected chi connectivity index (χ1v) is 7.71. The number of benzene rings is 1. The van der Waals surface area contributed by atoms with E-state index in [1.54, 1.807) is 6.92 Å². The topological polar surface area (TPSA) is 66.6 Å². The maximum absolute atomic E-state index is 12.9. The van der Waals surface area contributed by atoms with E-state index >= 15 is 0 Å². The maximum atomic E-state index is 12.9. The fourth-order valence-electron chi connectivity index (χ4n) is 2.84. The number of aromatic nitrogens is 1. The second-order valence-electron chi connectivity index (χ2n) is 5.67. The van der Waals surface area contributed by atoms with E-state index in [0.29, 0.717) is 11.3 Å². The molecule has 1 aromatic carbocycles. The number of piperidine rings is 1. The number of hydrogen-bond acceptors (Lipinski definition) is 4. The van der Waals surface area contributed by atoms with Gasteiger partial charge in [-0.15, -0.1) is 0 Å². The van der Waals surface area contributed by atoms with Gasteiger partial charge in [-0.3, -0.25) is 4.79 Å². The fraction of sp³-hybridized carbons (Fsp3) is 0.412. The van der Waals surface area contributed by atoms with Gasteiger partial charge in [-0.1, -0.05) is 35.5 Å². The Morgan fingerprint density at radius 2 is 1.91 bits per heavy atom. The van der Waals surface area contributed by atoms with Crippen LogP contribution in [-0.4, -0.2) is 34.2 Å². The average Bonchev–Trinajstić information content (AvgIpc) is 3.01. The Labute approximate surface area is 129 Å². The van der Waals surface area contributed by atoms with Crippen molar-refractivity contribution in [1.29, 1.82) is 0 Å². The highest BCUT2D eigenvalue weighted by Crippen LogP contribution is 2.30. The number of amides is 1. The lowest BCUT2D eigenvalue weighted by Crippen LogP contribution is -2.36. The summed E-state index contributed by atoms with van der Waals surface area (Å²) < 4.78 is 5.28. The van der Waals surface area contributed by atoms with Crippen molar-refractivity contribution in [3.63, 3.8) is 0 Å². The van der Waals surface area contributed by atoms with Gasteiger partial charge >= 0.3 is 0 Å². The third-order valence-corrected chi connectivity index (χ3v) is 4.00. The molecule has 0 spiro atoms. The van der Waals surface area contributed by atoms with Crippen molar-refractivity contribution in [1.82, 2.24) is 10.1 Å². The van der Waals surface area contributed by atoms with Crippen LogP contribution in [0.5, 0.6) is 0 Å². The van der Waals surface area contributed by atoms with Crippen LogP contribution in [0.1, 0.15) is 48.4 Å². The number of likely N-dealkylation sites (tertiary alicyclic amines) is 1. The smallest absolute Gasteiger partial charge is 0.259 e. The first-order valence-electron chi connectivity index (χ1n) is 7.71. The average molecular weight is 300 g/mol. The molecule has 0 radical (unpaired) electrons. The van der Waals surface area contributed by atoms with E-state index in [0.717, 1.165) is 37.9 Å². The Kier molecular flexibility index (Phi) is 4.24. The number of nitrogens with zero attached hydrogens (tertiary/aromatic N) is 2. The molecule has 0 unspecified atom stereocenters. The predicted octanol–water partition coefficient (Wildman–Crippen LogP) is 3.02. The Hall–Kier alpha value is -2.14. The molecule has 1 fully saturated rings. The van der Waals surface area contributed by atoms with Gasteiger partial charge in [-0.05, 0) is 26.2 Å². The van der Waals surface area contributed by atoms with Gasteiger partial charge in [0, 0.05) is 18.7 Å². The minimum atomic E-state index is -0.867. The van der Waals surface area contributed by atoms with E-state index in [-0.39, 0.29) is 11.7 Å². The van der Waals surface area contributed by atoms with Crippen molar-refractivity contribution in [3.8, 4) is 11.3 Å². The molecule has 1 saturated heterocycles. The van der Waals surface area contributed by atoms with Crippen molar-refractivity contribution in [2.24, 2.45) is 0 Å². The first kappa shape index (κ1) is 14.8. The molecule has 0 aliphatic carbocycles. The molecule has 3 rings (SSSR count). The van der Waals surface area contributed by atoms with Crippen molar-refractivity contribution in [3.05, 3.63) is 41.7 Å². The van der Waals surface area contributed by atoms with Gasteiger partial charge in [0.25, 0.3) is 5.91 Å². The highest BCUT2D eigenvalue weighted by atomic mass is 16.5. The Bertz CT molecular complexity index is 643. The van der Waals surface area contributed by atoms with E-state index in [2.05, 4.69) is 5.16 Å². The first-order chi connectivity index (χ1) is 10.7. The van der Waals surface area contributed by atoms with Crippen molar-refractivity contribution < 1.29 is 14.4 Å². The number of rotatable bonds is 3. The molecule has 2 aromatic rings. The summed E-state index contributed by atoms with van der Waals surface area (Å²) in [5, 5.41) is 13.9. The second-order valence-corrected chi connectivity index (χ2v) is 5.67. The molecule has 5 heteroatoms. The second kappa shape index (κ2) is 6.32. The summed E-state index contributed by atoms with van der Waals surface area (Å²) in [7, 11) is 0. The number of aliphatic hydroxyl groups is 1. The van der Waals surface area contributed by atoms with Gasteiger partial charge in [0.15, 0.2) is 5.76 Å². The van der Waals surface area contributed by atoms with Crippen LogP contribution in [0.25, 0.3) is 11.3 Å². The molecule has 1 aromatic heterocycles. The van der Waals surface area contributed by atoms with E-state index in [9.17, 15) is 9.90 Å². The summed E-state index contributed by atoms with van der Waals surface area (Å²) in [5.74, 6) is 0.144. The molecule has 116 valence electrons. The van der Waals surface area contributed by atoms with E-state index in [1.807, 2.05) is 35.2 Å². The minimum absolute atomic E-state index is 0.101. The third kappa shape index (κ3) is 2.76. The molecule has 1 atom stereocenters. The predicted molar refractivity (Wildman–Crippen MR) is 82.3 cm³/mol. The van der Waals surface area contributed by atoms with Crippen LogP contribution < -0.4 is 0 Å². The number of aliphatic hydroxyl groups excluding tert-OH is 1. The SMILES string of the molecule is C[C@H](O)c1onc(-c2ccccc2)c1C(=O)N1CCCCC1. The van der Waals surface area contributed by atoms with Gasteiger partial charge in [-0.25, -0.2) is 0 Å². The molecule has 0 saturated carbocycles. The normalized spacial score (nSPS) is 16.5. The summed E-state index contributed by atoms with van der Waals surface area (Å²) >= 11 is 0. The highest BCUT2D eigenvalue weighted by Gasteiger charge is 2.30. The zero-order valence-electron chi connectivity index (χ0n) is 12.7. The standard InChI is InChI=1S/C17H20N2O3/c1-12(20)16-14(17(21)19-10-6-3-7-11-19)15(18-22-16)13-8-4-2-5-9-13/h2,4-5,8-9,12,20H,3,6-7,10-11H2,1H3/t12-/m0/s1. The largest absolute Gasteiger partial charge is 0.385 e. The fourth-order valence-corrected chi connectivity index (χ4v) is 2.84. The van der Waals surface area contributed by atoms with E-state index in [4.69, 9.17) is 4.52 Å². The molecular weight excluding hydrogens is 280 g/mol. The molecule has 1 aliphatic rings. The van der Waals surface area contributed by atoms with E-state index in [1.165, 1.54) is 0 Å². The van der Waals surface area contributed by atoms with Crippen LogP contribution in [0.15, 0.2) is 34.9 Å². The van der Waals surface area contributed by atoms with Gasteiger partial charge in [0.1, 0.15) is 17.4 Å². The van der Waals surface area contributed by atoms with Crippen LogP contribution in [0.2, 0.25) is 0 Å². The quantitative estimate of drug-likeness (QED) is 0.946. The monoisotopic (exact) mass is 300 g/mol. The van der Waals surface area contributed by atoms with Gasteiger partial charge in [0.2, 0.25) is 0 Å². The molecule has 1 amide bonds. The summed E-state index contributed by atoms with van der Waals surface area (Å²) in [6.07, 6.45) is 2.32. The van der Waals surface area contributed by atoms with E-state index < -0.39 is 6.10 Å². The van der Waals surface area contributed by atoms with Crippen molar-refractivity contribution in [2.75, 3.05) is 13.1 Å². The number of carbonyl (C=O) groups excluding carboxylic acids is 1. The molecule has 22 heavy (non-hydrogen) atoms. The molecule has 0 bridgehead atoms. The summed E-state index contributed by atoms with van der Waals surface area (Å²) in [6.45, 7) is 3.08. The van der Waals surface area contributed by atoms with Gasteiger partial charge in [0.05, 0.1) is 0 Å². The Morgan fingerprint density at radius 3 is 2.55 bits per heavy atom. The zero-order valence-corrected chi connectivity index (χ0v) is 12.7. The van der Waals surface area contributed by atoms with Crippen LogP contribution in [-0.2, 0) is 0 Å². The number of hydrogen-bond donors (Lipinski definition) is 1. The molecule has 1 N–H and O–H groups in total. The highest BCUT2D eigenvalue weighted by molar-refractivity contribution is 6.01. The Morgan fingerprint density at radius 1 is 1.23 bits per heavy atom. The maximum Gasteiger partial charge on any atom is 0.259 e. The van der Waals surface area contributed by atoms with Crippen LogP contribution in [0, 0.1) is 0 Å². The van der Waals surface area contributed by atoms with Crippen molar-refractivity contribution in [2.45, 2.75) is 32.3 Å². The number of carbonyl (C=O) groups is 1. The molecule has 2 heterocycles. The van der Waals surface area contributed by atoms with Crippen LogP contribution >= 0.6 is 0 Å². The molecular formula is C17H20N2O3. The molecule has 5 nitrogen and oxygen atoms in total. The summed E-state index contributed by atoms with van der Waals surface area (Å²) in [4.78, 5) is 14.7. The molecule has 1 aliphatic heterocycles. The van der Waals surface area contributed by atoms with Crippen molar-refractivity contribution >= 4 is 5.91 Å². The van der Waals surface area contributed by atoms with Gasteiger partial charge < -0.3 is 14.5 Å². The third-order valence-electron chi connectivity index (χ3n) is 4.00. The lowest BCUT2D eigenvalue weighted by molar-refractivity contribution is 0.0713. The lowest BCUT2D eigenvalue weighted by atomic mass is 10.0. The summed E-state index contributed by atoms with van der Waals surface area (Å²) in [6, 6.07) is 9.46. The van der Waals surface area contributed by atoms with Crippen LogP contribution in [0.4, 0.5) is 0 Å². The van der Waals surface area contributed by atoms with Gasteiger partial charge in [-0.2, -0.15) is 0 Å². The summed E-state index contributed by atoms with van der Waals surface area (Å²) in [5.41, 5.74) is 1.72.